The lowest BCUT2D eigenvalue weighted by Crippen LogP contribution is -2.15. The Morgan fingerprint density at radius 3 is 3.10 bits per heavy atom. The van der Waals surface area contributed by atoms with Crippen LogP contribution in [-0.4, -0.2) is 27.5 Å². The van der Waals surface area contributed by atoms with Gasteiger partial charge in [-0.3, -0.25) is 9.67 Å². The molecule has 1 atom stereocenters. The number of ether oxygens (including phenoxy) is 1. The van der Waals surface area contributed by atoms with Crippen molar-refractivity contribution in [2.24, 2.45) is 0 Å². The molecule has 0 bridgehead atoms. The van der Waals surface area contributed by atoms with Crippen LogP contribution in [-0.2, 0) is 17.8 Å². The molecule has 1 aliphatic rings. The molecule has 2 aromatic heterocycles. The van der Waals surface area contributed by atoms with Crippen LogP contribution < -0.4 is 5.32 Å². The summed E-state index contributed by atoms with van der Waals surface area (Å²) >= 11 is 0. The number of nitrogens with one attached hydrogen (secondary N) is 1. The van der Waals surface area contributed by atoms with Crippen LogP contribution in [0.5, 0.6) is 0 Å². The maximum absolute atomic E-state index is 5.62. The van der Waals surface area contributed by atoms with Gasteiger partial charge in [0.25, 0.3) is 0 Å². The number of hydrogen-bond acceptors (Lipinski definition) is 4. The first kappa shape index (κ1) is 13.1. The van der Waals surface area contributed by atoms with Crippen LogP contribution in [0.15, 0.2) is 30.7 Å². The lowest BCUT2D eigenvalue weighted by Gasteiger charge is -2.08. The van der Waals surface area contributed by atoms with Crippen LogP contribution in [0.1, 0.15) is 24.1 Å². The van der Waals surface area contributed by atoms with E-state index >= 15 is 0 Å². The highest BCUT2D eigenvalue weighted by molar-refractivity contribution is 5.38. The molecule has 0 saturated carbocycles. The summed E-state index contributed by atoms with van der Waals surface area (Å²) in [4.78, 5) is 4.37. The second kappa shape index (κ2) is 6.05. The van der Waals surface area contributed by atoms with Gasteiger partial charge in [-0.05, 0) is 31.4 Å². The van der Waals surface area contributed by atoms with Gasteiger partial charge in [0, 0.05) is 19.0 Å². The average molecular weight is 272 g/mol. The summed E-state index contributed by atoms with van der Waals surface area (Å²) in [6, 6.07) is 4.12. The summed E-state index contributed by atoms with van der Waals surface area (Å²) in [5.41, 5.74) is 3.23. The second-order valence-electron chi connectivity index (χ2n) is 5.27. The third kappa shape index (κ3) is 3.36. The topological polar surface area (TPSA) is 52.0 Å². The van der Waals surface area contributed by atoms with Gasteiger partial charge in [0.05, 0.1) is 36.8 Å². The molecule has 0 radical (unpaired) electrons. The molecule has 1 aliphatic heterocycles. The molecule has 0 spiro atoms. The third-order valence-corrected chi connectivity index (χ3v) is 3.49. The summed E-state index contributed by atoms with van der Waals surface area (Å²) in [6.45, 7) is 4.48. The molecule has 106 valence electrons. The van der Waals surface area contributed by atoms with Crippen LogP contribution in [0.25, 0.3) is 0 Å². The van der Waals surface area contributed by atoms with Crippen LogP contribution in [0, 0.1) is 6.92 Å². The quantitative estimate of drug-likeness (QED) is 0.908. The van der Waals surface area contributed by atoms with Gasteiger partial charge in [-0.15, -0.1) is 0 Å². The number of aromatic nitrogens is 3. The van der Waals surface area contributed by atoms with E-state index in [1.165, 1.54) is 5.56 Å². The van der Waals surface area contributed by atoms with Crippen LogP contribution in [0.2, 0.25) is 0 Å². The van der Waals surface area contributed by atoms with Crippen molar-refractivity contribution in [2.45, 2.75) is 39.0 Å². The SMILES string of the molecule is Cc1ccc(CNc2cnn(CC3CCCO3)c2)nc1. The first-order valence-corrected chi connectivity index (χ1v) is 7.09. The maximum atomic E-state index is 5.62. The molecular weight excluding hydrogens is 252 g/mol. The zero-order valence-corrected chi connectivity index (χ0v) is 11.7. The van der Waals surface area contributed by atoms with Crippen molar-refractivity contribution in [3.05, 3.63) is 42.0 Å². The first-order chi connectivity index (χ1) is 9.79. The van der Waals surface area contributed by atoms with Crippen LogP contribution in [0.4, 0.5) is 5.69 Å². The Hall–Kier alpha value is -1.88. The maximum Gasteiger partial charge on any atom is 0.0771 e. The fourth-order valence-electron chi connectivity index (χ4n) is 2.35. The molecule has 1 unspecified atom stereocenters. The molecule has 2 aromatic rings. The molecule has 1 saturated heterocycles. The predicted molar refractivity (Wildman–Crippen MR) is 77.5 cm³/mol. The lowest BCUT2D eigenvalue weighted by atomic mass is 10.2. The number of nitrogens with zero attached hydrogens (tertiary/aromatic N) is 3. The second-order valence-corrected chi connectivity index (χ2v) is 5.27. The Labute approximate surface area is 119 Å². The van der Waals surface area contributed by atoms with Gasteiger partial charge >= 0.3 is 0 Å². The van der Waals surface area contributed by atoms with E-state index in [-0.39, 0.29) is 0 Å². The monoisotopic (exact) mass is 272 g/mol. The molecule has 0 aliphatic carbocycles. The van der Waals surface area contributed by atoms with Gasteiger partial charge in [-0.25, -0.2) is 0 Å². The highest BCUT2D eigenvalue weighted by Crippen LogP contribution is 2.15. The minimum absolute atomic E-state index is 0.321. The smallest absolute Gasteiger partial charge is 0.0771 e. The number of anilines is 1. The number of aryl methyl sites for hydroxylation is 1. The largest absolute Gasteiger partial charge is 0.377 e. The molecule has 5 heteroatoms. The highest BCUT2D eigenvalue weighted by Gasteiger charge is 2.16. The van der Waals surface area contributed by atoms with E-state index in [4.69, 9.17) is 4.74 Å². The summed E-state index contributed by atoms with van der Waals surface area (Å²) < 4.78 is 7.56. The van der Waals surface area contributed by atoms with Crippen LogP contribution >= 0.6 is 0 Å². The van der Waals surface area contributed by atoms with Gasteiger partial charge in [-0.2, -0.15) is 5.10 Å². The van der Waals surface area contributed by atoms with Gasteiger partial charge in [-0.1, -0.05) is 6.07 Å². The van der Waals surface area contributed by atoms with Gasteiger partial charge < -0.3 is 10.1 Å². The summed E-state index contributed by atoms with van der Waals surface area (Å²) in [5, 5.41) is 7.70. The van der Waals surface area contributed by atoms with Crippen molar-refractivity contribution < 1.29 is 4.74 Å². The average Bonchev–Trinajstić information content (AvgIpc) is 3.11. The van der Waals surface area contributed by atoms with Gasteiger partial charge in [0.1, 0.15) is 0 Å². The molecule has 0 amide bonds. The Kier molecular flexibility index (Phi) is 3.97. The molecule has 0 aromatic carbocycles. The minimum atomic E-state index is 0.321. The number of pyridine rings is 1. The zero-order valence-electron chi connectivity index (χ0n) is 11.7. The zero-order chi connectivity index (χ0) is 13.8. The van der Waals surface area contributed by atoms with Gasteiger partial charge in [0.15, 0.2) is 0 Å². The standard InChI is InChI=1S/C15H20N4O/c1-12-4-5-13(16-7-12)8-17-14-9-18-19(10-14)11-15-3-2-6-20-15/h4-5,7,9-10,15,17H,2-3,6,8,11H2,1H3. The molecule has 1 fully saturated rings. The Morgan fingerprint density at radius 1 is 1.40 bits per heavy atom. The molecule has 20 heavy (non-hydrogen) atoms. The van der Waals surface area contributed by atoms with E-state index in [1.54, 1.807) is 0 Å². The Balaban J connectivity index is 1.52. The fraction of sp³-hybridized carbons (Fsp3) is 0.467. The van der Waals surface area contributed by atoms with E-state index in [2.05, 4.69) is 21.5 Å². The van der Waals surface area contributed by atoms with E-state index in [0.29, 0.717) is 12.6 Å². The Bertz CT molecular complexity index is 543. The highest BCUT2D eigenvalue weighted by atomic mass is 16.5. The minimum Gasteiger partial charge on any atom is -0.377 e. The van der Waals surface area contributed by atoms with Gasteiger partial charge in [0.2, 0.25) is 0 Å². The molecule has 5 nitrogen and oxygen atoms in total. The van der Waals surface area contributed by atoms with Crippen molar-refractivity contribution in [3.8, 4) is 0 Å². The van der Waals surface area contributed by atoms with Crippen molar-refractivity contribution in [3.63, 3.8) is 0 Å². The molecular formula is C15H20N4O. The third-order valence-electron chi connectivity index (χ3n) is 3.49. The van der Waals surface area contributed by atoms with Crippen molar-refractivity contribution in [2.75, 3.05) is 11.9 Å². The summed E-state index contributed by atoms with van der Waals surface area (Å²) in [5.74, 6) is 0. The van der Waals surface area contributed by atoms with Crippen LogP contribution in [0.3, 0.4) is 0 Å². The van der Waals surface area contributed by atoms with E-state index in [0.717, 1.165) is 37.4 Å². The molecule has 1 N–H and O–H groups in total. The Morgan fingerprint density at radius 2 is 2.35 bits per heavy atom. The first-order valence-electron chi connectivity index (χ1n) is 7.09. The molecule has 3 rings (SSSR count). The van der Waals surface area contributed by atoms with E-state index < -0.39 is 0 Å². The molecule has 3 heterocycles. The summed E-state index contributed by atoms with van der Waals surface area (Å²) in [6.07, 6.45) is 8.38. The van der Waals surface area contributed by atoms with E-state index in [1.807, 2.05) is 36.3 Å². The van der Waals surface area contributed by atoms with Crippen molar-refractivity contribution in [1.29, 1.82) is 0 Å². The normalized spacial score (nSPS) is 18.4. The number of rotatable bonds is 5. The fourth-order valence-corrected chi connectivity index (χ4v) is 2.35. The van der Waals surface area contributed by atoms with Crippen molar-refractivity contribution in [1.82, 2.24) is 14.8 Å². The predicted octanol–water partition coefficient (Wildman–Crippen LogP) is 2.38. The number of hydrogen-bond donors (Lipinski definition) is 1. The van der Waals surface area contributed by atoms with E-state index in [9.17, 15) is 0 Å². The van der Waals surface area contributed by atoms with Crippen molar-refractivity contribution >= 4 is 5.69 Å². The summed E-state index contributed by atoms with van der Waals surface area (Å²) in [7, 11) is 0. The lowest BCUT2D eigenvalue weighted by molar-refractivity contribution is 0.0940.